The first-order chi connectivity index (χ1) is 9.65. The van der Waals surface area contributed by atoms with Gasteiger partial charge in [-0.15, -0.1) is 0 Å². The molecule has 0 aromatic rings. The van der Waals surface area contributed by atoms with Gasteiger partial charge in [0.2, 0.25) is 0 Å². The van der Waals surface area contributed by atoms with Crippen molar-refractivity contribution < 1.29 is 0 Å². The SMILES string of the molecule is CCNC(C#N)(CN(C)CC1CCCN1CC)C1CC1. The Balaban J connectivity index is 1.91. The van der Waals surface area contributed by atoms with Crippen LogP contribution >= 0.6 is 0 Å². The number of hydrogen-bond acceptors (Lipinski definition) is 4. The van der Waals surface area contributed by atoms with Crippen LogP contribution in [0, 0.1) is 17.2 Å². The van der Waals surface area contributed by atoms with Gasteiger partial charge in [0.1, 0.15) is 5.54 Å². The lowest BCUT2D eigenvalue weighted by atomic mass is 9.94. The van der Waals surface area contributed by atoms with Crippen LogP contribution in [-0.2, 0) is 0 Å². The zero-order valence-corrected chi connectivity index (χ0v) is 13.4. The van der Waals surface area contributed by atoms with Gasteiger partial charge in [0.25, 0.3) is 0 Å². The van der Waals surface area contributed by atoms with Crippen molar-refractivity contribution in [1.82, 2.24) is 15.1 Å². The van der Waals surface area contributed by atoms with Crippen molar-refractivity contribution in [2.45, 2.75) is 51.1 Å². The van der Waals surface area contributed by atoms with Crippen LogP contribution in [0.2, 0.25) is 0 Å². The van der Waals surface area contributed by atoms with E-state index in [2.05, 4.69) is 42.1 Å². The molecule has 0 aromatic heterocycles. The molecular weight excluding hydrogens is 248 g/mol. The Morgan fingerprint density at radius 1 is 1.35 bits per heavy atom. The van der Waals surface area contributed by atoms with Gasteiger partial charge in [0.15, 0.2) is 0 Å². The first kappa shape index (κ1) is 15.8. The monoisotopic (exact) mass is 278 g/mol. The highest BCUT2D eigenvalue weighted by Gasteiger charge is 2.46. The van der Waals surface area contributed by atoms with E-state index in [-0.39, 0.29) is 5.54 Å². The summed E-state index contributed by atoms with van der Waals surface area (Å²) in [5.74, 6) is 0.556. The van der Waals surface area contributed by atoms with Crippen LogP contribution in [0.1, 0.15) is 39.5 Å². The maximum absolute atomic E-state index is 9.68. The second kappa shape index (κ2) is 6.89. The van der Waals surface area contributed by atoms with Crippen LogP contribution in [0.3, 0.4) is 0 Å². The average molecular weight is 278 g/mol. The second-order valence-electron chi connectivity index (χ2n) is 6.51. The van der Waals surface area contributed by atoms with E-state index in [9.17, 15) is 5.26 Å². The maximum atomic E-state index is 9.68. The molecule has 0 bridgehead atoms. The van der Waals surface area contributed by atoms with Crippen molar-refractivity contribution >= 4 is 0 Å². The van der Waals surface area contributed by atoms with Gasteiger partial charge in [0.05, 0.1) is 6.07 Å². The molecule has 20 heavy (non-hydrogen) atoms. The van der Waals surface area contributed by atoms with E-state index in [1.807, 2.05) is 0 Å². The molecule has 2 aliphatic rings. The zero-order chi connectivity index (χ0) is 14.6. The molecule has 4 nitrogen and oxygen atoms in total. The summed E-state index contributed by atoms with van der Waals surface area (Å²) in [5.41, 5.74) is -0.320. The lowest BCUT2D eigenvalue weighted by Crippen LogP contribution is -2.55. The van der Waals surface area contributed by atoms with Gasteiger partial charge in [-0.05, 0) is 58.3 Å². The number of nitriles is 1. The molecule has 1 aliphatic heterocycles. The third kappa shape index (κ3) is 3.52. The molecule has 2 atom stereocenters. The summed E-state index contributed by atoms with van der Waals surface area (Å²) >= 11 is 0. The maximum Gasteiger partial charge on any atom is 0.122 e. The highest BCUT2D eigenvalue weighted by molar-refractivity contribution is 5.16. The Morgan fingerprint density at radius 3 is 2.65 bits per heavy atom. The summed E-state index contributed by atoms with van der Waals surface area (Å²) in [5, 5.41) is 13.1. The molecule has 0 radical (unpaired) electrons. The quantitative estimate of drug-likeness (QED) is 0.733. The number of nitrogens with one attached hydrogen (secondary N) is 1. The minimum atomic E-state index is -0.320. The predicted molar refractivity (Wildman–Crippen MR) is 82.5 cm³/mol. The first-order valence-corrected chi connectivity index (χ1v) is 8.24. The summed E-state index contributed by atoms with van der Waals surface area (Å²) in [6, 6.07) is 3.28. The number of rotatable bonds is 8. The molecular formula is C16H30N4. The van der Waals surface area contributed by atoms with Crippen molar-refractivity contribution in [2.24, 2.45) is 5.92 Å². The van der Waals surface area contributed by atoms with E-state index in [0.29, 0.717) is 12.0 Å². The Morgan fingerprint density at radius 2 is 2.10 bits per heavy atom. The standard InChI is InChI=1S/C16H30N4/c1-4-18-16(12-17,14-8-9-14)13-19(3)11-15-7-6-10-20(15)5-2/h14-15,18H,4-11,13H2,1-3H3. The van der Waals surface area contributed by atoms with E-state index in [0.717, 1.165) is 26.2 Å². The minimum absolute atomic E-state index is 0.320. The lowest BCUT2D eigenvalue weighted by Gasteiger charge is -2.35. The predicted octanol–water partition coefficient (Wildman–Crippen LogP) is 1.68. The number of hydrogen-bond donors (Lipinski definition) is 1. The van der Waals surface area contributed by atoms with Crippen molar-refractivity contribution in [2.75, 3.05) is 39.8 Å². The molecule has 0 aromatic carbocycles. The van der Waals surface area contributed by atoms with Gasteiger partial charge < -0.3 is 4.90 Å². The Kier molecular flexibility index (Phi) is 5.42. The van der Waals surface area contributed by atoms with Crippen molar-refractivity contribution in [3.8, 4) is 6.07 Å². The smallest absolute Gasteiger partial charge is 0.122 e. The van der Waals surface area contributed by atoms with Gasteiger partial charge in [-0.25, -0.2) is 0 Å². The third-order valence-corrected chi connectivity index (χ3v) is 4.91. The van der Waals surface area contributed by atoms with Gasteiger partial charge >= 0.3 is 0 Å². The molecule has 1 saturated carbocycles. The summed E-state index contributed by atoms with van der Waals surface area (Å²) < 4.78 is 0. The molecule has 2 unspecified atom stereocenters. The molecule has 1 aliphatic carbocycles. The average Bonchev–Trinajstić information content (AvgIpc) is 3.20. The number of likely N-dealkylation sites (N-methyl/N-ethyl adjacent to an activating group) is 3. The van der Waals surface area contributed by atoms with Crippen LogP contribution in [0.5, 0.6) is 0 Å². The fourth-order valence-electron chi connectivity index (χ4n) is 3.76. The highest BCUT2D eigenvalue weighted by atomic mass is 15.2. The molecule has 2 fully saturated rings. The first-order valence-electron chi connectivity index (χ1n) is 8.24. The van der Waals surface area contributed by atoms with Crippen LogP contribution in [0.25, 0.3) is 0 Å². The second-order valence-corrected chi connectivity index (χ2v) is 6.51. The normalized spacial score (nSPS) is 26.6. The molecule has 0 spiro atoms. The molecule has 2 rings (SSSR count). The molecule has 0 amide bonds. The van der Waals surface area contributed by atoms with Crippen LogP contribution in [0.15, 0.2) is 0 Å². The fourth-order valence-corrected chi connectivity index (χ4v) is 3.76. The number of likely N-dealkylation sites (tertiary alicyclic amines) is 1. The molecule has 1 heterocycles. The van der Waals surface area contributed by atoms with E-state index in [1.54, 1.807) is 0 Å². The Bertz CT molecular complexity index is 347. The molecule has 1 saturated heterocycles. The van der Waals surface area contributed by atoms with Crippen molar-refractivity contribution in [3.05, 3.63) is 0 Å². The van der Waals surface area contributed by atoms with E-state index in [4.69, 9.17) is 0 Å². The Hall–Kier alpha value is -0.630. The van der Waals surface area contributed by atoms with Gasteiger partial charge in [-0.1, -0.05) is 13.8 Å². The van der Waals surface area contributed by atoms with Crippen LogP contribution in [-0.4, -0.2) is 61.2 Å². The number of nitrogens with zero attached hydrogens (tertiary/aromatic N) is 3. The van der Waals surface area contributed by atoms with Gasteiger partial charge in [0, 0.05) is 19.1 Å². The fraction of sp³-hybridized carbons (Fsp3) is 0.938. The summed E-state index contributed by atoms with van der Waals surface area (Å²) in [7, 11) is 2.18. The summed E-state index contributed by atoms with van der Waals surface area (Å²) in [6.07, 6.45) is 5.05. The summed E-state index contributed by atoms with van der Waals surface area (Å²) in [4.78, 5) is 4.96. The molecule has 1 N–H and O–H groups in total. The van der Waals surface area contributed by atoms with E-state index >= 15 is 0 Å². The lowest BCUT2D eigenvalue weighted by molar-refractivity contribution is 0.168. The minimum Gasteiger partial charge on any atom is -0.302 e. The largest absolute Gasteiger partial charge is 0.302 e. The van der Waals surface area contributed by atoms with Crippen molar-refractivity contribution in [1.29, 1.82) is 5.26 Å². The third-order valence-electron chi connectivity index (χ3n) is 4.91. The van der Waals surface area contributed by atoms with Gasteiger partial charge in [-0.3, -0.25) is 10.2 Å². The molecule has 114 valence electrons. The van der Waals surface area contributed by atoms with Crippen LogP contribution in [0.4, 0.5) is 0 Å². The highest BCUT2D eigenvalue weighted by Crippen LogP contribution is 2.40. The van der Waals surface area contributed by atoms with E-state index < -0.39 is 0 Å². The van der Waals surface area contributed by atoms with Crippen molar-refractivity contribution in [3.63, 3.8) is 0 Å². The molecule has 4 heteroatoms. The Labute approximate surface area is 124 Å². The van der Waals surface area contributed by atoms with Gasteiger partial charge in [-0.2, -0.15) is 5.26 Å². The topological polar surface area (TPSA) is 42.3 Å². The van der Waals surface area contributed by atoms with Crippen LogP contribution < -0.4 is 5.32 Å². The van der Waals surface area contributed by atoms with E-state index in [1.165, 1.54) is 32.2 Å². The zero-order valence-electron chi connectivity index (χ0n) is 13.4. The summed E-state index contributed by atoms with van der Waals surface area (Å²) in [6.45, 7) is 9.57.